The molecular weight excluding hydrogens is 287 g/mol. The van der Waals surface area contributed by atoms with Gasteiger partial charge in [0.25, 0.3) is 0 Å². The molecule has 0 spiro atoms. The summed E-state index contributed by atoms with van der Waals surface area (Å²) in [6.07, 6.45) is 0. The monoisotopic (exact) mass is 300 g/mol. The zero-order valence-electron chi connectivity index (χ0n) is 11.0. The van der Waals surface area contributed by atoms with Crippen LogP contribution in [-0.2, 0) is 4.57 Å². The van der Waals surface area contributed by atoms with Crippen molar-refractivity contribution in [2.45, 2.75) is 0 Å². The summed E-state index contributed by atoms with van der Waals surface area (Å²) in [5.74, 6) is 0. The maximum Gasteiger partial charge on any atom is 0.466 e. The Kier molecular flexibility index (Phi) is 3.40. The molecule has 0 unspecified atom stereocenters. The molecule has 5 heteroatoms. The summed E-state index contributed by atoms with van der Waals surface area (Å²) >= 11 is 0. The van der Waals surface area contributed by atoms with Gasteiger partial charge in [0, 0.05) is 0 Å². The third-order valence-electron chi connectivity index (χ3n) is 3.39. The molecule has 4 rings (SSSR count). The minimum atomic E-state index is -4.64. The second kappa shape index (κ2) is 5.10. The van der Waals surface area contributed by atoms with Crippen LogP contribution in [0.25, 0.3) is 32.3 Å². The summed E-state index contributed by atoms with van der Waals surface area (Å²) in [6, 6.07) is 21.9. The fourth-order valence-electron chi connectivity index (χ4n) is 2.67. The molecule has 0 bridgehead atoms. The van der Waals surface area contributed by atoms with Crippen molar-refractivity contribution in [3.05, 3.63) is 60.7 Å². The van der Waals surface area contributed by atoms with E-state index in [0.29, 0.717) is 0 Å². The first-order valence-electron chi connectivity index (χ1n) is 6.34. The first-order valence-corrected chi connectivity index (χ1v) is 7.91. The summed E-state index contributed by atoms with van der Waals surface area (Å²) in [6.45, 7) is 0. The van der Waals surface area contributed by atoms with Gasteiger partial charge in [0.15, 0.2) is 0 Å². The summed E-state index contributed by atoms with van der Waals surface area (Å²) in [5, 5.41) is 8.14. The van der Waals surface area contributed by atoms with Gasteiger partial charge in [-0.15, -0.1) is 0 Å². The zero-order chi connectivity index (χ0) is 15.0. The largest absolute Gasteiger partial charge is 0.466 e. The van der Waals surface area contributed by atoms with E-state index in [2.05, 4.69) is 60.7 Å². The Bertz CT molecular complexity index is 820. The first kappa shape index (κ1) is 14.0. The lowest BCUT2D eigenvalue weighted by molar-refractivity contribution is 0.275. The molecule has 4 nitrogen and oxygen atoms in total. The summed E-state index contributed by atoms with van der Waals surface area (Å²) in [7, 11) is -4.64. The number of benzene rings is 4. The molecule has 21 heavy (non-hydrogen) atoms. The van der Waals surface area contributed by atoms with Gasteiger partial charge in [0.2, 0.25) is 0 Å². The predicted octanol–water partition coefficient (Wildman–Crippen LogP) is 3.66. The number of hydrogen-bond acceptors (Lipinski definition) is 1. The SMILES string of the molecule is O=P(O)(O)O.c1cc2ccc3cccc4ccc(c1)c2c34. The van der Waals surface area contributed by atoms with Gasteiger partial charge in [0.1, 0.15) is 0 Å². The molecular formula is C16H13O4P. The van der Waals surface area contributed by atoms with Crippen molar-refractivity contribution < 1.29 is 19.2 Å². The molecule has 0 aromatic heterocycles. The summed E-state index contributed by atoms with van der Waals surface area (Å²) in [5.41, 5.74) is 0. The molecule has 0 saturated carbocycles. The Morgan fingerprint density at radius 2 is 0.810 bits per heavy atom. The van der Waals surface area contributed by atoms with Crippen molar-refractivity contribution in [2.75, 3.05) is 0 Å². The molecule has 106 valence electrons. The van der Waals surface area contributed by atoms with Crippen LogP contribution in [0, 0.1) is 0 Å². The normalized spacial score (nSPS) is 11.8. The second-order valence-corrected chi connectivity index (χ2v) is 5.83. The van der Waals surface area contributed by atoms with Crippen LogP contribution in [0.5, 0.6) is 0 Å². The Balaban J connectivity index is 0.000000233. The molecule has 3 N–H and O–H groups in total. The molecule has 0 aliphatic carbocycles. The van der Waals surface area contributed by atoms with E-state index in [1.54, 1.807) is 0 Å². The van der Waals surface area contributed by atoms with Crippen molar-refractivity contribution >= 4 is 40.1 Å². The van der Waals surface area contributed by atoms with Gasteiger partial charge >= 0.3 is 7.82 Å². The van der Waals surface area contributed by atoms with Crippen molar-refractivity contribution in [1.29, 1.82) is 0 Å². The van der Waals surface area contributed by atoms with E-state index in [1.165, 1.54) is 32.3 Å². The van der Waals surface area contributed by atoms with Gasteiger partial charge in [-0.25, -0.2) is 4.57 Å². The lowest BCUT2D eigenvalue weighted by Gasteiger charge is -2.09. The van der Waals surface area contributed by atoms with Crippen LogP contribution in [0.15, 0.2) is 60.7 Å². The molecule has 4 aromatic carbocycles. The Hall–Kier alpha value is -1.97. The van der Waals surface area contributed by atoms with Crippen LogP contribution in [0.2, 0.25) is 0 Å². The molecule has 0 aliphatic rings. The van der Waals surface area contributed by atoms with Crippen LogP contribution in [0.1, 0.15) is 0 Å². The van der Waals surface area contributed by atoms with Gasteiger partial charge in [-0.2, -0.15) is 0 Å². The van der Waals surface area contributed by atoms with Gasteiger partial charge < -0.3 is 14.7 Å². The average Bonchev–Trinajstić information content (AvgIpc) is 2.43. The quantitative estimate of drug-likeness (QED) is 0.342. The summed E-state index contributed by atoms with van der Waals surface area (Å²) < 4.78 is 8.88. The third-order valence-corrected chi connectivity index (χ3v) is 3.39. The van der Waals surface area contributed by atoms with Crippen molar-refractivity contribution in [2.24, 2.45) is 0 Å². The maximum atomic E-state index is 8.88. The highest BCUT2D eigenvalue weighted by Crippen LogP contribution is 2.33. The van der Waals surface area contributed by atoms with Crippen LogP contribution >= 0.6 is 7.82 Å². The van der Waals surface area contributed by atoms with E-state index in [1.807, 2.05) is 0 Å². The maximum absolute atomic E-state index is 8.88. The van der Waals surface area contributed by atoms with Gasteiger partial charge in [-0.1, -0.05) is 60.7 Å². The van der Waals surface area contributed by atoms with E-state index in [0.717, 1.165) is 0 Å². The Morgan fingerprint density at radius 3 is 1.05 bits per heavy atom. The van der Waals surface area contributed by atoms with Gasteiger partial charge in [-0.05, 0) is 32.3 Å². The van der Waals surface area contributed by atoms with E-state index >= 15 is 0 Å². The molecule has 4 aromatic rings. The van der Waals surface area contributed by atoms with Gasteiger partial charge in [0.05, 0.1) is 0 Å². The predicted molar refractivity (Wildman–Crippen MR) is 84.4 cm³/mol. The fourth-order valence-corrected chi connectivity index (χ4v) is 2.67. The van der Waals surface area contributed by atoms with Crippen LogP contribution in [0.4, 0.5) is 0 Å². The Labute approximate surface area is 120 Å². The topological polar surface area (TPSA) is 77.8 Å². The van der Waals surface area contributed by atoms with Crippen molar-refractivity contribution in [1.82, 2.24) is 0 Å². The van der Waals surface area contributed by atoms with E-state index in [9.17, 15) is 0 Å². The molecule has 0 aliphatic heterocycles. The number of rotatable bonds is 0. The Morgan fingerprint density at radius 1 is 0.571 bits per heavy atom. The summed E-state index contributed by atoms with van der Waals surface area (Å²) in [4.78, 5) is 21.6. The van der Waals surface area contributed by atoms with E-state index < -0.39 is 7.82 Å². The minimum Gasteiger partial charge on any atom is -0.303 e. The lowest BCUT2D eigenvalue weighted by atomic mass is 9.95. The molecule has 0 fully saturated rings. The highest BCUT2D eigenvalue weighted by atomic mass is 31.2. The smallest absolute Gasteiger partial charge is 0.303 e. The van der Waals surface area contributed by atoms with Crippen LogP contribution < -0.4 is 0 Å². The lowest BCUT2D eigenvalue weighted by Crippen LogP contribution is -1.82. The highest BCUT2D eigenvalue weighted by molar-refractivity contribution is 7.45. The van der Waals surface area contributed by atoms with Crippen molar-refractivity contribution in [3.8, 4) is 0 Å². The average molecular weight is 300 g/mol. The molecule has 0 amide bonds. The van der Waals surface area contributed by atoms with Crippen LogP contribution in [-0.4, -0.2) is 14.7 Å². The third kappa shape index (κ3) is 2.89. The highest BCUT2D eigenvalue weighted by Gasteiger charge is 2.05. The van der Waals surface area contributed by atoms with Crippen molar-refractivity contribution in [3.63, 3.8) is 0 Å². The fraction of sp³-hybridized carbons (Fsp3) is 0. The van der Waals surface area contributed by atoms with E-state index in [4.69, 9.17) is 19.2 Å². The number of phosphoric acid groups is 1. The second-order valence-electron chi connectivity index (χ2n) is 4.80. The molecule has 0 atom stereocenters. The van der Waals surface area contributed by atoms with E-state index in [-0.39, 0.29) is 0 Å². The minimum absolute atomic E-state index is 1.34. The van der Waals surface area contributed by atoms with Crippen LogP contribution in [0.3, 0.4) is 0 Å². The standard InChI is InChI=1S/C16H10.H3O4P/c1-3-11-7-9-13-5-2-6-14-10-8-12(4-1)15(11)16(13)14;1-5(2,3)4/h1-10H;(H3,1,2,3,4). The molecule has 0 saturated heterocycles. The first-order chi connectivity index (χ1) is 9.93. The number of hydrogen-bond donors (Lipinski definition) is 3. The molecule has 0 radical (unpaired) electrons. The zero-order valence-corrected chi connectivity index (χ0v) is 11.9. The van der Waals surface area contributed by atoms with Gasteiger partial charge in [-0.3, -0.25) is 0 Å². The molecule has 0 heterocycles.